The molecule has 0 saturated heterocycles. The predicted molar refractivity (Wildman–Crippen MR) is 135 cm³/mol. The molecular weight excluding hydrogens is 460 g/mol. The van der Waals surface area contributed by atoms with Crippen molar-refractivity contribution in [1.29, 1.82) is 0 Å². The lowest BCUT2D eigenvalue weighted by atomic mass is 9.90. The van der Waals surface area contributed by atoms with Gasteiger partial charge in [0.1, 0.15) is 18.8 Å². The Morgan fingerprint density at radius 2 is 1.50 bits per heavy atom. The number of hydrogen-bond donors (Lipinski definition) is 2. The summed E-state index contributed by atoms with van der Waals surface area (Å²) >= 11 is 0. The van der Waals surface area contributed by atoms with Crippen LogP contribution >= 0.6 is 0 Å². The molecule has 0 aromatic heterocycles. The first-order chi connectivity index (χ1) is 17.1. The fraction of sp³-hybridized carbons (Fsp3) is 0.464. The number of benzene rings is 2. The van der Waals surface area contributed by atoms with Gasteiger partial charge in [-0.05, 0) is 68.7 Å². The number of carbonyl (C=O) groups is 3. The molecule has 1 saturated carbocycles. The lowest BCUT2D eigenvalue weighted by Crippen LogP contribution is -2.48. The number of carbonyl (C=O) groups excluding carboxylic acids is 2. The molecule has 8 nitrogen and oxygen atoms in total. The van der Waals surface area contributed by atoms with Gasteiger partial charge in [-0.15, -0.1) is 0 Å². The van der Waals surface area contributed by atoms with Crippen LogP contribution in [0.5, 0.6) is 0 Å². The fourth-order valence-electron chi connectivity index (χ4n) is 5.17. The zero-order chi connectivity index (χ0) is 25.9. The third-order valence-corrected chi connectivity index (χ3v) is 6.73. The number of nitrogens with zero attached hydrogens (tertiary/aromatic N) is 1. The van der Waals surface area contributed by atoms with Crippen LogP contribution < -0.4 is 5.32 Å². The average Bonchev–Trinajstić information content (AvgIpc) is 3.14. The summed E-state index contributed by atoms with van der Waals surface area (Å²) in [5.74, 6) is -1.18. The van der Waals surface area contributed by atoms with E-state index in [1.54, 1.807) is 0 Å². The molecule has 2 amide bonds. The normalized spacial score (nSPS) is 19.1. The molecule has 2 aromatic carbocycles. The minimum Gasteiger partial charge on any atom is -0.480 e. The standard InChI is InChI=1S/C28H34N2O6/c1-28(2,3)36-26(33)29-18-12-14-19(15-13-18)30(16-25(31)32)27(34)35-17-24-22-10-6-4-8-20(22)21-9-5-7-11-23(21)24/h4-11,18-19,24H,12-17H2,1-3H3,(H,29,33)(H,31,32). The van der Waals surface area contributed by atoms with Crippen molar-refractivity contribution < 1.29 is 29.0 Å². The van der Waals surface area contributed by atoms with Crippen molar-refractivity contribution in [2.75, 3.05) is 13.2 Å². The van der Waals surface area contributed by atoms with E-state index in [0.29, 0.717) is 25.7 Å². The molecule has 0 unspecified atom stereocenters. The van der Waals surface area contributed by atoms with Crippen LogP contribution in [0.25, 0.3) is 11.1 Å². The number of ether oxygens (including phenoxy) is 2. The van der Waals surface area contributed by atoms with E-state index in [1.165, 1.54) is 4.90 Å². The monoisotopic (exact) mass is 494 g/mol. The third-order valence-electron chi connectivity index (χ3n) is 6.73. The van der Waals surface area contributed by atoms with E-state index in [4.69, 9.17) is 9.47 Å². The van der Waals surface area contributed by atoms with Crippen LogP contribution in [0.3, 0.4) is 0 Å². The van der Waals surface area contributed by atoms with Crippen LogP contribution in [-0.2, 0) is 14.3 Å². The molecule has 0 bridgehead atoms. The molecule has 0 atom stereocenters. The second-order valence-electron chi connectivity index (χ2n) is 10.5. The second-order valence-corrected chi connectivity index (χ2v) is 10.5. The van der Waals surface area contributed by atoms with Crippen LogP contribution in [0.1, 0.15) is 63.5 Å². The highest BCUT2D eigenvalue weighted by molar-refractivity contribution is 5.80. The lowest BCUT2D eigenvalue weighted by Gasteiger charge is -2.36. The topological polar surface area (TPSA) is 105 Å². The van der Waals surface area contributed by atoms with E-state index >= 15 is 0 Å². The number of amides is 2. The van der Waals surface area contributed by atoms with Gasteiger partial charge in [0.2, 0.25) is 0 Å². The van der Waals surface area contributed by atoms with E-state index in [0.717, 1.165) is 22.3 Å². The quantitative estimate of drug-likeness (QED) is 0.575. The number of carboxylic acids is 1. The second kappa shape index (κ2) is 10.6. The zero-order valence-electron chi connectivity index (χ0n) is 21.0. The molecule has 2 aliphatic rings. The summed E-state index contributed by atoms with van der Waals surface area (Å²) in [6.07, 6.45) is 1.29. The molecule has 2 aromatic rings. The van der Waals surface area contributed by atoms with Crippen molar-refractivity contribution in [1.82, 2.24) is 10.2 Å². The number of nitrogens with one attached hydrogen (secondary N) is 1. The molecule has 0 spiro atoms. The van der Waals surface area contributed by atoms with Crippen LogP contribution in [0.4, 0.5) is 9.59 Å². The zero-order valence-corrected chi connectivity index (χ0v) is 21.0. The van der Waals surface area contributed by atoms with Gasteiger partial charge >= 0.3 is 18.2 Å². The van der Waals surface area contributed by atoms with Crippen LogP contribution in [0.15, 0.2) is 48.5 Å². The first kappa shape index (κ1) is 25.5. The molecule has 2 N–H and O–H groups in total. The summed E-state index contributed by atoms with van der Waals surface area (Å²) < 4.78 is 11.1. The summed E-state index contributed by atoms with van der Waals surface area (Å²) in [6, 6.07) is 15.8. The van der Waals surface area contributed by atoms with Crippen LogP contribution in [-0.4, -0.2) is 59.0 Å². The van der Waals surface area contributed by atoms with Gasteiger partial charge < -0.3 is 19.9 Å². The van der Waals surface area contributed by atoms with Crippen molar-refractivity contribution in [3.8, 4) is 11.1 Å². The summed E-state index contributed by atoms with van der Waals surface area (Å²) in [6.45, 7) is 5.13. The van der Waals surface area contributed by atoms with E-state index in [1.807, 2.05) is 57.2 Å². The lowest BCUT2D eigenvalue weighted by molar-refractivity contribution is -0.138. The van der Waals surface area contributed by atoms with Gasteiger partial charge in [-0.1, -0.05) is 48.5 Å². The van der Waals surface area contributed by atoms with Gasteiger partial charge in [0.05, 0.1) is 0 Å². The maximum Gasteiger partial charge on any atom is 0.410 e. The maximum absolute atomic E-state index is 13.1. The van der Waals surface area contributed by atoms with Gasteiger partial charge in [0, 0.05) is 18.0 Å². The molecule has 8 heteroatoms. The minimum atomic E-state index is -1.09. The molecule has 2 aliphatic carbocycles. The molecular formula is C28H34N2O6. The van der Waals surface area contributed by atoms with Crippen molar-refractivity contribution >= 4 is 18.2 Å². The molecule has 0 radical (unpaired) electrons. The number of alkyl carbamates (subject to hydrolysis) is 1. The molecule has 0 aliphatic heterocycles. The number of aliphatic carboxylic acids is 1. The molecule has 36 heavy (non-hydrogen) atoms. The molecule has 0 heterocycles. The number of carboxylic acid groups (broad SMARTS) is 1. The SMILES string of the molecule is CC(C)(C)OC(=O)NC1CCC(N(CC(=O)O)C(=O)OCC2c3ccccc3-c3ccccc32)CC1. The fourth-order valence-corrected chi connectivity index (χ4v) is 5.17. The Kier molecular flexibility index (Phi) is 7.52. The highest BCUT2D eigenvalue weighted by Crippen LogP contribution is 2.44. The van der Waals surface area contributed by atoms with Gasteiger partial charge in [-0.2, -0.15) is 0 Å². The molecule has 1 fully saturated rings. The van der Waals surface area contributed by atoms with E-state index < -0.39 is 30.3 Å². The van der Waals surface area contributed by atoms with Gasteiger partial charge in [-0.25, -0.2) is 9.59 Å². The van der Waals surface area contributed by atoms with Crippen LogP contribution in [0.2, 0.25) is 0 Å². The Bertz CT molecular complexity index is 1070. The Labute approximate surface area is 211 Å². The Morgan fingerprint density at radius 1 is 0.944 bits per heavy atom. The van der Waals surface area contributed by atoms with E-state index in [-0.39, 0.29) is 24.6 Å². The summed E-state index contributed by atoms with van der Waals surface area (Å²) in [4.78, 5) is 38.1. The third kappa shape index (κ3) is 5.98. The van der Waals surface area contributed by atoms with Gasteiger partial charge in [0.25, 0.3) is 0 Å². The van der Waals surface area contributed by atoms with Gasteiger partial charge in [0.15, 0.2) is 0 Å². The van der Waals surface area contributed by atoms with Crippen molar-refractivity contribution in [3.05, 3.63) is 59.7 Å². The van der Waals surface area contributed by atoms with Gasteiger partial charge in [-0.3, -0.25) is 9.69 Å². The summed E-state index contributed by atoms with van der Waals surface area (Å²) in [5, 5.41) is 12.3. The number of rotatable bonds is 6. The smallest absolute Gasteiger partial charge is 0.410 e. The Balaban J connectivity index is 1.38. The summed E-state index contributed by atoms with van der Waals surface area (Å²) in [7, 11) is 0. The highest BCUT2D eigenvalue weighted by atomic mass is 16.6. The highest BCUT2D eigenvalue weighted by Gasteiger charge is 2.34. The molecule has 4 rings (SSSR count). The summed E-state index contributed by atoms with van der Waals surface area (Å²) in [5.41, 5.74) is 3.89. The average molecular weight is 495 g/mol. The number of fused-ring (bicyclic) bond motifs is 3. The Morgan fingerprint density at radius 3 is 2.03 bits per heavy atom. The first-order valence-electron chi connectivity index (χ1n) is 12.5. The molecule has 192 valence electrons. The number of hydrogen-bond acceptors (Lipinski definition) is 5. The minimum absolute atomic E-state index is 0.0784. The predicted octanol–water partition coefficient (Wildman–Crippen LogP) is 5.16. The largest absolute Gasteiger partial charge is 0.480 e. The van der Waals surface area contributed by atoms with E-state index in [9.17, 15) is 19.5 Å². The van der Waals surface area contributed by atoms with Crippen molar-refractivity contribution in [2.45, 2.75) is 70.1 Å². The van der Waals surface area contributed by atoms with Crippen molar-refractivity contribution in [3.63, 3.8) is 0 Å². The van der Waals surface area contributed by atoms with E-state index in [2.05, 4.69) is 17.4 Å². The Hall–Kier alpha value is -3.55. The van der Waals surface area contributed by atoms with Crippen LogP contribution in [0, 0.1) is 0 Å². The van der Waals surface area contributed by atoms with Crippen molar-refractivity contribution in [2.24, 2.45) is 0 Å². The maximum atomic E-state index is 13.1. The first-order valence-corrected chi connectivity index (χ1v) is 12.5.